The van der Waals surface area contributed by atoms with Gasteiger partial charge in [-0.05, 0) is 57.2 Å². The highest BCUT2D eigenvalue weighted by Gasteiger charge is 2.37. The number of nitrogens with one attached hydrogen (secondary N) is 1. The topological polar surface area (TPSA) is 78.3 Å². The second kappa shape index (κ2) is 10.9. The van der Waals surface area contributed by atoms with Gasteiger partial charge in [-0.25, -0.2) is 9.48 Å². The van der Waals surface area contributed by atoms with E-state index in [0.717, 1.165) is 21.4 Å². The minimum Gasteiger partial charge on any atom is -0.489 e. The number of fused-ring (bicyclic) bond motifs is 1. The van der Waals surface area contributed by atoms with E-state index in [1.54, 1.807) is 16.4 Å². The van der Waals surface area contributed by atoms with E-state index in [1.165, 1.54) is 5.56 Å². The van der Waals surface area contributed by atoms with E-state index < -0.39 is 12.0 Å². The standard InChI is InChI=1S/C26H29BrN4O3S/c1-6-35-26-29-25-28-17(5)22(24(32)34-15(2)3)23(31(25)30-26)20-13-19(27)11-12-21(20)33-14-18-9-7-16(4)8-10-18/h7-13,15,23H,6,14H2,1-5H3,(H,28,29,30). The van der Waals surface area contributed by atoms with Crippen LogP contribution in [0, 0.1) is 6.92 Å². The number of allylic oxidation sites excluding steroid dienone is 1. The highest BCUT2D eigenvalue weighted by molar-refractivity contribution is 9.10. The molecular formula is C26H29BrN4O3S. The molecule has 1 N–H and O–H groups in total. The number of thioether (sulfide) groups is 1. The molecule has 1 unspecified atom stereocenters. The summed E-state index contributed by atoms with van der Waals surface area (Å²) < 4.78 is 14.6. The fourth-order valence-electron chi connectivity index (χ4n) is 3.86. The number of hydrogen-bond donors (Lipinski definition) is 1. The predicted molar refractivity (Wildman–Crippen MR) is 142 cm³/mol. The van der Waals surface area contributed by atoms with Gasteiger partial charge < -0.3 is 14.8 Å². The second-order valence-corrected chi connectivity index (χ2v) is 10.7. The first-order chi connectivity index (χ1) is 16.8. The van der Waals surface area contributed by atoms with Crippen LogP contribution < -0.4 is 10.1 Å². The highest BCUT2D eigenvalue weighted by atomic mass is 79.9. The molecule has 1 atom stereocenters. The number of esters is 1. The van der Waals surface area contributed by atoms with Crippen LogP contribution in [0.1, 0.15) is 50.4 Å². The van der Waals surface area contributed by atoms with Crippen molar-refractivity contribution in [2.24, 2.45) is 0 Å². The van der Waals surface area contributed by atoms with Crippen LogP contribution in [0.4, 0.5) is 5.95 Å². The molecule has 7 nitrogen and oxygen atoms in total. The van der Waals surface area contributed by atoms with Crippen molar-refractivity contribution in [2.75, 3.05) is 11.1 Å². The molecule has 0 bridgehead atoms. The van der Waals surface area contributed by atoms with Crippen molar-refractivity contribution < 1.29 is 14.3 Å². The van der Waals surface area contributed by atoms with Gasteiger partial charge >= 0.3 is 5.97 Å². The molecule has 3 aromatic rings. The quantitative estimate of drug-likeness (QED) is 0.258. The Bertz CT molecular complexity index is 1250. The van der Waals surface area contributed by atoms with Gasteiger partial charge in [0.25, 0.3) is 0 Å². The molecule has 35 heavy (non-hydrogen) atoms. The molecule has 0 aliphatic carbocycles. The summed E-state index contributed by atoms with van der Waals surface area (Å²) in [5.41, 5.74) is 4.20. The Morgan fingerprint density at radius 1 is 1.20 bits per heavy atom. The van der Waals surface area contributed by atoms with Crippen LogP contribution in [0.25, 0.3) is 0 Å². The number of ether oxygens (including phenoxy) is 2. The second-order valence-electron chi connectivity index (χ2n) is 8.57. The number of aryl methyl sites for hydroxylation is 1. The molecular weight excluding hydrogens is 528 g/mol. The van der Waals surface area contributed by atoms with Gasteiger partial charge in [-0.15, -0.1) is 5.10 Å². The smallest absolute Gasteiger partial charge is 0.338 e. The zero-order chi connectivity index (χ0) is 25.1. The first-order valence-corrected chi connectivity index (χ1v) is 13.3. The number of nitrogens with zero attached hydrogens (tertiary/aromatic N) is 3. The SMILES string of the molecule is CCSc1nc2n(n1)C(c1cc(Br)ccc1OCc1ccc(C)cc1)C(C(=O)OC(C)C)=C(C)N2. The molecule has 0 radical (unpaired) electrons. The van der Waals surface area contributed by atoms with Crippen LogP contribution >= 0.6 is 27.7 Å². The Hall–Kier alpha value is -2.78. The average Bonchev–Trinajstić information content (AvgIpc) is 3.20. The van der Waals surface area contributed by atoms with Gasteiger partial charge in [0.15, 0.2) is 0 Å². The number of carbonyl (C=O) groups excluding carboxylic acids is 1. The highest BCUT2D eigenvalue weighted by Crippen LogP contribution is 2.41. The molecule has 184 valence electrons. The van der Waals surface area contributed by atoms with Crippen LogP contribution in [0.2, 0.25) is 0 Å². The predicted octanol–water partition coefficient (Wildman–Crippen LogP) is 6.28. The first-order valence-electron chi connectivity index (χ1n) is 11.5. The maximum absolute atomic E-state index is 13.3. The Morgan fingerprint density at radius 3 is 2.63 bits per heavy atom. The summed E-state index contributed by atoms with van der Waals surface area (Å²) >= 11 is 5.14. The first kappa shape index (κ1) is 25.3. The molecule has 1 aromatic heterocycles. The minimum absolute atomic E-state index is 0.258. The van der Waals surface area contributed by atoms with Gasteiger partial charge in [0.05, 0.1) is 11.7 Å². The van der Waals surface area contributed by atoms with Crippen LogP contribution in [0.15, 0.2) is 63.4 Å². The van der Waals surface area contributed by atoms with Crippen molar-refractivity contribution in [3.8, 4) is 5.75 Å². The average molecular weight is 558 g/mol. The maximum atomic E-state index is 13.3. The third-order valence-electron chi connectivity index (χ3n) is 5.45. The van der Waals surface area contributed by atoms with E-state index in [2.05, 4.69) is 64.3 Å². The molecule has 4 rings (SSSR count). The van der Waals surface area contributed by atoms with Crippen LogP contribution in [-0.2, 0) is 16.1 Å². The van der Waals surface area contributed by atoms with Gasteiger partial charge in [0, 0.05) is 15.7 Å². The summed E-state index contributed by atoms with van der Waals surface area (Å²) in [6.45, 7) is 10.0. The van der Waals surface area contributed by atoms with E-state index in [-0.39, 0.29) is 6.10 Å². The van der Waals surface area contributed by atoms with E-state index in [0.29, 0.717) is 34.7 Å². The molecule has 0 fully saturated rings. The third-order valence-corrected chi connectivity index (χ3v) is 6.66. The van der Waals surface area contributed by atoms with Gasteiger partial charge in [0.2, 0.25) is 11.1 Å². The summed E-state index contributed by atoms with van der Waals surface area (Å²) in [6, 6.07) is 13.5. The number of benzene rings is 2. The summed E-state index contributed by atoms with van der Waals surface area (Å²) in [7, 11) is 0. The number of hydrogen-bond acceptors (Lipinski definition) is 7. The summed E-state index contributed by atoms with van der Waals surface area (Å²) in [5.74, 6) is 1.68. The Labute approximate surface area is 218 Å². The molecule has 0 saturated heterocycles. The number of rotatable bonds is 8. The maximum Gasteiger partial charge on any atom is 0.338 e. The lowest BCUT2D eigenvalue weighted by molar-refractivity contribution is -0.143. The Kier molecular flexibility index (Phi) is 7.86. The summed E-state index contributed by atoms with van der Waals surface area (Å²) in [6.07, 6.45) is -0.258. The lowest BCUT2D eigenvalue weighted by Gasteiger charge is -2.29. The molecule has 1 aliphatic rings. The lowest BCUT2D eigenvalue weighted by Crippen LogP contribution is -2.31. The van der Waals surface area contributed by atoms with Crippen molar-refractivity contribution >= 4 is 39.6 Å². The van der Waals surface area contributed by atoms with Crippen LogP contribution in [0.5, 0.6) is 5.75 Å². The van der Waals surface area contributed by atoms with Crippen molar-refractivity contribution in [1.29, 1.82) is 0 Å². The molecule has 1 aliphatic heterocycles. The minimum atomic E-state index is -0.568. The van der Waals surface area contributed by atoms with Crippen molar-refractivity contribution in [2.45, 2.75) is 58.5 Å². The number of carbonyl (C=O) groups is 1. The Morgan fingerprint density at radius 2 is 1.94 bits per heavy atom. The Balaban J connectivity index is 1.80. The van der Waals surface area contributed by atoms with E-state index in [1.807, 2.05) is 39.0 Å². The number of anilines is 1. The van der Waals surface area contributed by atoms with E-state index in [9.17, 15) is 4.79 Å². The molecule has 0 spiro atoms. The summed E-state index contributed by atoms with van der Waals surface area (Å²) in [5, 5.41) is 8.62. The van der Waals surface area contributed by atoms with Crippen molar-refractivity contribution in [1.82, 2.24) is 14.8 Å². The summed E-state index contributed by atoms with van der Waals surface area (Å²) in [4.78, 5) is 18.0. The zero-order valence-corrected chi connectivity index (χ0v) is 22.9. The fraction of sp³-hybridized carbons (Fsp3) is 0.346. The largest absolute Gasteiger partial charge is 0.489 e. The molecule has 0 saturated carbocycles. The van der Waals surface area contributed by atoms with Crippen molar-refractivity contribution in [3.63, 3.8) is 0 Å². The normalized spacial score (nSPS) is 15.1. The zero-order valence-electron chi connectivity index (χ0n) is 20.5. The van der Waals surface area contributed by atoms with E-state index >= 15 is 0 Å². The van der Waals surface area contributed by atoms with Gasteiger partial charge in [-0.3, -0.25) is 0 Å². The van der Waals surface area contributed by atoms with E-state index in [4.69, 9.17) is 14.6 Å². The molecule has 0 amide bonds. The third kappa shape index (κ3) is 5.73. The molecule has 2 heterocycles. The van der Waals surface area contributed by atoms with Crippen molar-refractivity contribution in [3.05, 3.63) is 74.9 Å². The monoisotopic (exact) mass is 556 g/mol. The van der Waals surface area contributed by atoms with Crippen LogP contribution in [-0.4, -0.2) is 32.6 Å². The van der Waals surface area contributed by atoms with Gasteiger partial charge in [-0.2, -0.15) is 4.98 Å². The molecule has 9 heteroatoms. The van der Waals surface area contributed by atoms with Gasteiger partial charge in [-0.1, -0.05) is 64.4 Å². The molecule has 2 aromatic carbocycles. The fourth-order valence-corrected chi connectivity index (χ4v) is 4.79. The lowest BCUT2D eigenvalue weighted by atomic mass is 9.95. The number of aromatic nitrogens is 3. The van der Waals surface area contributed by atoms with Crippen LogP contribution in [0.3, 0.4) is 0 Å². The van der Waals surface area contributed by atoms with Gasteiger partial charge in [0.1, 0.15) is 18.4 Å². The number of halogens is 1.